The molecule has 0 saturated carbocycles. The lowest BCUT2D eigenvalue weighted by Gasteiger charge is -2.34. The first-order valence-electron chi connectivity index (χ1n) is 44.9. The van der Waals surface area contributed by atoms with Crippen LogP contribution in [0.4, 0.5) is 17.8 Å². The Kier molecular flexibility index (Phi) is 14.3. The minimum Gasteiger partial charge on any atom is -0.494 e. The molecule has 45 heteroatoms. The highest BCUT2D eigenvalue weighted by Gasteiger charge is 2.36. The van der Waals surface area contributed by atoms with Crippen LogP contribution in [-0.2, 0) is 14.4 Å². The molecule has 0 aliphatic carbocycles. The van der Waals surface area contributed by atoms with Crippen LogP contribution in [0.3, 0.4) is 0 Å². The van der Waals surface area contributed by atoms with E-state index in [1.165, 1.54) is 114 Å². The molecule has 18 heterocycles. The number of ether oxygens (including phenoxy) is 3. The number of nitrogens with one attached hydrogen (secondary N) is 3. The maximum atomic E-state index is 14.0. The number of carbonyl (C=O) groups excluding carboxylic acids is 6. The molecule has 588 valence electrons. The second-order valence-corrected chi connectivity index (χ2v) is 24.3. The number of nitrogens with zero attached hydrogens (tertiary/aromatic N) is 33. The van der Waals surface area contributed by atoms with Crippen molar-refractivity contribution < 1.29 is 73.1 Å². The van der Waals surface area contributed by atoms with Crippen LogP contribution in [0.2, 0.25) is 0 Å². The van der Waals surface area contributed by atoms with Crippen LogP contribution in [0.1, 0.15) is 89.8 Å². The fourth-order valence-corrected chi connectivity index (χ4v) is 11.7. The third kappa shape index (κ3) is 14.3. The first-order chi connectivity index (χ1) is 65.0. The zero-order valence-electron chi connectivity index (χ0n) is 83.3. The summed E-state index contributed by atoms with van der Waals surface area (Å²) in [5.41, 5.74) is 0.286. The normalized spacial score (nSPS) is 20.0. The molecule has 3 aliphatic rings. The number of fused-ring (bicyclic) bond motifs is 3. The van der Waals surface area contributed by atoms with Gasteiger partial charge in [0.05, 0.1) is 119 Å². The number of rotatable bonds is 18. The topological polar surface area (TPSA) is 497 Å². The standard InChI is InChI=1S/2C24H24N12O3.C23H22N12O3/c2*1-14-4-5-18(25-10-14)36-24(29-31-32-36)34-8-6-33(7-9-34)23(38)21(37)16-11-26-20-19(16)17(39-3)12-27-22(20)35-13-28-15(2)30-35;1-14-27-13-34(29-14)21-19-18(16(38-2)12-26-21)15(11-25-19)20(36)22(37)32-7-9-33(10-8-32)23-28-30-31-35(23)17-5-3-4-6-24-17/h2*4-5,10-13,26H,6-9H2,1-3H3;3-6,11-13,25H,7-10H2,1-2H3/i4D,5D,6D2,7D2,8D2,9D2,10D;4D,5D,10D;7D2,8D2,9D2,10D2. The van der Waals surface area contributed by atoms with E-state index < -0.39 is 139 Å². The Morgan fingerprint density at radius 3 is 1.12 bits per heavy atom. The minimum absolute atomic E-state index is 0.000630. The minimum atomic E-state index is -3.85. The van der Waals surface area contributed by atoms with Crippen LogP contribution >= 0.6 is 0 Å². The van der Waals surface area contributed by atoms with Gasteiger partial charge in [0.1, 0.15) is 53.7 Å². The summed E-state index contributed by atoms with van der Waals surface area (Å²) < 4.78 is 211. The average molecular weight is 1590 g/mol. The molecule has 15 aromatic rings. The van der Waals surface area contributed by atoms with Gasteiger partial charge in [-0.1, -0.05) is 33.4 Å². The van der Waals surface area contributed by atoms with Gasteiger partial charge in [-0.3, -0.25) is 28.8 Å². The molecular weight excluding hydrogens is 1500 g/mol. The van der Waals surface area contributed by atoms with Gasteiger partial charge in [-0.2, -0.15) is 29.3 Å². The Morgan fingerprint density at radius 1 is 0.414 bits per heavy atom. The maximum Gasteiger partial charge on any atom is 0.295 e. The van der Waals surface area contributed by atoms with Crippen molar-refractivity contribution in [2.75, 3.05) is 114 Å². The van der Waals surface area contributed by atoms with Gasteiger partial charge in [-0.25, -0.2) is 58.9 Å². The molecule has 3 fully saturated rings. The quantitative estimate of drug-likeness (QED) is 0.0813. The SMILES string of the molecule is [2H]C1([2H])N(C(=O)C(=O)c2c[nH]c3c(-n4cnc(C)n4)ncc(OC)c23)C([2H])([2H])C([2H])([2H])N(c2nnnn2-c2ccccn2)C1([2H])[2H].[2H]c1nc(-n2nnnc2N2C([2H])([2H])C([2H])([2H])N(C(=O)C(=O)c3c[nH]c4c(-n5cnc(C)n5)ncc(OC)c34)C([2H])([2H])C2([2H])[2H])c([2H])c([2H])c1C.[2H]c1nc(-n2nnnc2N2CCN(C(=O)C(=O)c3c[nH]c4c(-n5cnc(C)n5)ncc(OC)c34)CC2)c([2H])c([2H])c1C. The van der Waals surface area contributed by atoms with Gasteiger partial charge in [-0.15, -0.1) is 0 Å². The number of aromatic amines is 3. The van der Waals surface area contributed by atoms with Crippen molar-refractivity contribution in [1.29, 1.82) is 0 Å². The van der Waals surface area contributed by atoms with E-state index in [4.69, 9.17) is 44.4 Å². The Labute approximate surface area is 685 Å². The van der Waals surface area contributed by atoms with Crippen molar-refractivity contribution >= 4 is 85.6 Å². The molecule has 0 atom stereocenters. The smallest absolute Gasteiger partial charge is 0.295 e. The van der Waals surface area contributed by atoms with Crippen molar-refractivity contribution in [1.82, 2.24) is 164 Å². The molecule has 0 bridgehead atoms. The molecule has 3 N–H and O–H groups in total. The van der Waals surface area contributed by atoms with E-state index in [2.05, 4.69) is 122 Å². The lowest BCUT2D eigenvalue weighted by atomic mass is 10.1. The van der Waals surface area contributed by atoms with Crippen molar-refractivity contribution in [3.8, 4) is 52.2 Å². The number of carbonyl (C=O) groups is 6. The molecule has 0 aromatic carbocycles. The highest BCUT2D eigenvalue weighted by molar-refractivity contribution is 6.46. The second-order valence-electron chi connectivity index (χ2n) is 24.3. The highest BCUT2D eigenvalue weighted by atomic mass is 16.5. The van der Waals surface area contributed by atoms with Crippen LogP contribution < -0.4 is 28.9 Å². The molecule has 116 heavy (non-hydrogen) atoms. The van der Waals surface area contributed by atoms with Crippen LogP contribution in [-0.4, -0.2) is 299 Å². The number of aromatic nitrogens is 30. The van der Waals surface area contributed by atoms with Crippen molar-refractivity contribution in [2.45, 2.75) is 34.6 Å². The number of pyridine rings is 6. The lowest BCUT2D eigenvalue weighted by Crippen LogP contribution is -2.51. The summed E-state index contributed by atoms with van der Waals surface area (Å²) >= 11 is 0. The molecule has 3 saturated heterocycles. The summed E-state index contributed by atoms with van der Waals surface area (Å²) in [5, 5.41) is 45.9. The summed E-state index contributed by atoms with van der Waals surface area (Å²) in [6, 6.07) is 3.00. The van der Waals surface area contributed by atoms with Gasteiger partial charge in [0.25, 0.3) is 52.9 Å². The number of piperazine rings is 3. The Bertz CT molecular complexity index is 7380. The fourth-order valence-electron chi connectivity index (χ4n) is 11.7. The van der Waals surface area contributed by atoms with Crippen LogP contribution in [0.25, 0.3) is 67.6 Å². The van der Waals surface area contributed by atoms with E-state index in [9.17, 15) is 28.8 Å². The average Bonchev–Trinajstić information content (AvgIpc) is 0.945. The number of ketones is 3. The Hall–Kier alpha value is -15.6. The first kappa shape index (κ1) is 52.5. The number of hydrogen-bond acceptors (Lipinski definition) is 33. The van der Waals surface area contributed by atoms with E-state index in [-0.39, 0.29) is 138 Å². The van der Waals surface area contributed by atoms with Crippen LogP contribution in [0, 0.1) is 34.6 Å². The number of aryl methyl sites for hydroxylation is 3. The predicted octanol–water partition coefficient (Wildman–Crippen LogP) is 1.71. The molecule has 0 radical (unpaired) electrons. The molecule has 0 spiro atoms. The number of H-pyrrole nitrogens is 3. The highest BCUT2D eigenvalue weighted by Crippen LogP contribution is 2.36. The van der Waals surface area contributed by atoms with Gasteiger partial charge in [0.15, 0.2) is 34.9 Å². The van der Waals surface area contributed by atoms with Gasteiger partial charge in [0.2, 0.25) is 0 Å². The number of methoxy groups -OCH3 is 3. The van der Waals surface area contributed by atoms with Gasteiger partial charge >= 0.3 is 0 Å². The molecule has 15 aromatic heterocycles. The number of anilines is 3. The van der Waals surface area contributed by atoms with Crippen molar-refractivity contribution in [3.63, 3.8) is 0 Å². The molecule has 18 rings (SSSR count). The molecule has 3 amide bonds. The zero-order valence-corrected chi connectivity index (χ0v) is 61.3. The summed E-state index contributed by atoms with van der Waals surface area (Å²) in [6.45, 7) is -20.9. The summed E-state index contributed by atoms with van der Waals surface area (Å²) in [7, 11) is 3.98. The van der Waals surface area contributed by atoms with Gasteiger partial charge in [-0.05, 0) is 101 Å². The number of hydrogen-bond donors (Lipinski definition) is 3. The van der Waals surface area contributed by atoms with Crippen LogP contribution in [0.15, 0.2) is 117 Å². The Balaban J connectivity index is 0.000000150. The second kappa shape index (κ2) is 31.6. The van der Waals surface area contributed by atoms with Crippen LogP contribution in [0.5, 0.6) is 17.2 Å². The fraction of sp³-hybridized carbons (Fsp3) is 0.282. The van der Waals surface area contributed by atoms with E-state index in [0.29, 0.717) is 44.6 Å². The zero-order chi connectivity index (χ0) is 100.0. The lowest BCUT2D eigenvalue weighted by molar-refractivity contribution is -0.127. The van der Waals surface area contributed by atoms with E-state index in [1.54, 1.807) is 38.7 Å². The molecule has 3 aliphatic heterocycles. The summed E-state index contributed by atoms with van der Waals surface area (Å²) in [6.07, 6.45) is 12.4. The Morgan fingerprint density at radius 2 is 0.776 bits per heavy atom. The van der Waals surface area contributed by atoms with E-state index >= 15 is 0 Å². The predicted molar refractivity (Wildman–Crippen MR) is 407 cm³/mol. The summed E-state index contributed by atoms with van der Waals surface area (Å²) in [5.74, 6) is -8.22. The monoisotopic (exact) mass is 1590 g/mol. The molecule has 45 nitrogen and oxygen atoms in total. The van der Waals surface area contributed by atoms with Gasteiger partial charge < -0.3 is 58.6 Å². The largest absolute Gasteiger partial charge is 0.494 e. The molecular formula is C71H70N36O9. The van der Waals surface area contributed by atoms with E-state index in [0.717, 1.165) is 17.1 Å². The number of Topliss-reactive ketones (excluding diaryl/α,β-unsaturated/α-hetero) is 3. The first-order valence-corrected chi connectivity index (χ1v) is 33.9. The third-order valence-corrected chi connectivity index (χ3v) is 17.2. The number of amides is 3. The van der Waals surface area contributed by atoms with Crippen molar-refractivity contribution in [2.24, 2.45) is 0 Å². The van der Waals surface area contributed by atoms with Gasteiger partial charge in [0, 0.05) is 115 Å². The number of tetrazole rings is 3. The van der Waals surface area contributed by atoms with E-state index in [1.807, 2.05) is 0 Å². The summed E-state index contributed by atoms with van der Waals surface area (Å²) in [4.78, 5) is 130. The maximum absolute atomic E-state index is 14.0. The van der Waals surface area contributed by atoms with Crippen molar-refractivity contribution in [3.05, 3.63) is 162 Å². The third-order valence-electron chi connectivity index (χ3n) is 17.2. The molecule has 0 unspecified atom stereocenters.